The first-order valence-corrected chi connectivity index (χ1v) is 7.45. The zero-order valence-corrected chi connectivity index (χ0v) is 13.6. The van der Waals surface area contributed by atoms with Crippen LogP contribution in [-0.2, 0) is 11.2 Å². The quantitative estimate of drug-likeness (QED) is 0.917. The van der Waals surface area contributed by atoms with Gasteiger partial charge in [-0.3, -0.25) is 4.79 Å². The molecule has 0 unspecified atom stereocenters. The van der Waals surface area contributed by atoms with Crippen LogP contribution in [0.15, 0.2) is 42.5 Å². The van der Waals surface area contributed by atoms with Gasteiger partial charge in [0.15, 0.2) is 0 Å². The zero-order valence-electron chi connectivity index (χ0n) is 13.6. The monoisotopic (exact) mass is 308 g/mol. The number of rotatable bonds is 5. The Bertz CT molecular complexity index is 747. The van der Waals surface area contributed by atoms with Crippen LogP contribution in [0.25, 0.3) is 0 Å². The number of hydrogen-bond acceptors (Lipinski definition) is 3. The van der Waals surface area contributed by atoms with E-state index < -0.39 is 5.92 Å². The standard InChI is InChI=1S/C19H20N2O2/c1-13-7-6-9-17(14(13)2)21-19(22)16(12-20)11-15-8-4-5-10-18(15)23-3/h4-10,16H,11H2,1-3H3,(H,21,22)/t16-/m1/s1. The van der Waals surface area contributed by atoms with Crippen molar-refractivity contribution in [1.82, 2.24) is 0 Å². The van der Waals surface area contributed by atoms with Crippen molar-refractivity contribution < 1.29 is 9.53 Å². The molecule has 2 rings (SSSR count). The van der Waals surface area contributed by atoms with Crippen LogP contribution in [0.2, 0.25) is 0 Å². The van der Waals surface area contributed by atoms with Crippen molar-refractivity contribution >= 4 is 11.6 Å². The summed E-state index contributed by atoms with van der Waals surface area (Å²) in [4.78, 5) is 12.4. The molecule has 23 heavy (non-hydrogen) atoms. The lowest BCUT2D eigenvalue weighted by Gasteiger charge is -2.14. The van der Waals surface area contributed by atoms with Gasteiger partial charge in [0.1, 0.15) is 11.7 Å². The number of anilines is 1. The molecule has 118 valence electrons. The molecule has 0 bridgehead atoms. The summed E-state index contributed by atoms with van der Waals surface area (Å²) in [5, 5.41) is 12.2. The highest BCUT2D eigenvalue weighted by Crippen LogP contribution is 2.23. The number of nitrogens with zero attached hydrogens (tertiary/aromatic N) is 1. The normalized spacial score (nSPS) is 11.4. The molecule has 4 nitrogen and oxygen atoms in total. The van der Waals surface area contributed by atoms with Crippen molar-refractivity contribution in [3.05, 3.63) is 59.2 Å². The third kappa shape index (κ3) is 3.89. The van der Waals surface area contributed by atoms with Gasteiger partial charge in [-0.05, 0) is 42.7 Å². The van der Waals surface area contributed by atoms with Crippen molar-refractivity contribution in [3.8, 4) is 11.8 Å². The number of carbonyl (C=O) groups excluding carboxylic acids is 1. The number of aryl methyl sites for hydroxylation is 1. The van der Waals surface area contributed by atoms with E-state index in [1.165, 1.54) is 0 Å². The third-order valence-corrected chi connectivity index (χ3v) is 3.95. The van der Waals surface area contributed by atoms with Crippen LogP contribution in [0.1, 0.15) is 16.7 Å². The number of benzene rings is 2. The second-order valence-corrected chi connectivity index (χ2v) is 5.43. The van der Waals surface area contributed by atoms with Gasteiger partial charge in [0.2, 0.25) is 5.91 Å². The minimum absolute atomic E-state index is 0.299. The molecule has 0 saturated heterocycles. The highest BCUT2D eigenvalue weighted by molar-refractivity contribution is 5.95. The maximum absolute atomic E-state index is 12.4. The molecule has 0 aliphatic heterocycles. The van der Waals surface area contributed by atoms with Gasteiger partial charge in [0, 0.05) is 12.1 Å². The largest absolute Gasteiger partial charge is 0.496 e. The second-order valence-electron chi connectivity index (χ2n) is 5.43. The Labute approximate surface area is 136 Å². The fraction of sp³-hybridized carbons (Fsp3) is 0.263. The Kier molecular flexibility index (Phi) is 5.37. The molecule has 0 fully saturated rings. The summed E-state index contributed by atoms with van der Waals surface area (Å²) in [7, 11) is 1.58. The van der Waals surface area contributed by atoms with Gasteiger partial charge < -0.3 is 10.1 Å². The molecule has 0 spiro atoms. The highest BCUT2D eigenvalue weighted by atomic mass is 16.5. The Morgan fingerprint density at radius 2 is 1.96 bits per heavy atom. The van der Waals surface area contributed by atoms with Crippen molar-refractivity contribution in [1.29, 1.82) is 5.26 Å². The molecule has 2 aromatic rings. The Morgan fingerprint density at radius 3 is 2.65 bits per heavy atom. The van der Waals surface area contributed by atoms with Gasteiger partial charge >= 0.3 is 0 Å². The number of para-hydroxylation sites is 1. The summed E-state index contributed by atoms with van der Waals surface area (Å²) in [6.45, 7) is 3.94. The number of hydrogen-bond donors (Lipinski definition) is 1. The van der Waals surface area contributed by atoms with E-state index in [1.807, 2.05) is 56.3 Å². The van der Waals surface area contributed by atoms with E-state index in [1.54, 1.807) is 7.11 Å². The Morgan fingerprint density at radius 1 is 1.22 bits per heavy atom. The first kappa shape index (κ1) is 16.6. The van der Waals surface area contributed by atoms with Crippen molar-refractivity contribution in [2.45, 2.75) is 20.3 Å². The minimum Gasteiger partial charge on any atom is -0.496 e. The molecule has 4 heteroatoms. The second kappa shape index (κ2) is 7.46. The molecule has 0 saturated carbocycles. The molecule has 0 heterocycles. The van der Waals surface area contributed by atoms with Gasteiger partial charge in [-0.2, -0.15) is 5.26 Å². The van der Waals surface area contributed by atoms with Crippen LogP contribution in [0.5, 0.6) is 5.75 Å². The maximum atomic E-state index is 12.4. The predicted octanol–water partition coefficient (Wildman–Crippen LogP) is 3.63. The molecule has 0 aromatic heterocycles. The lowest BCUT2D eigenvalue weighted by Crippen LogP contribution is -2.24. The number of ether oxygens (including phenoxy) is 1. The van der Waals surface area contributed by atoms with E-state index >= 15 is 0 Å². The molecule has 1 atom stereocenters. The van der Waals surface area contributed by atoms with Gasteiger partial charge in [0.25, 0.3) is 0 Å². The van der Waals surface area contributed by atoms with E-state index in [9.17, 15) is 10.1 Å². The number of methoxy groups -OCH3 is 1. The summed E-state index contributed by atoms with van der Waals surface area (Å²) in [6, 6.07) is 15.2. The summed E-state index contributed by atoms with van der Waals surface area (Å²) in [6.07, 6.45) is 0.317. The van der Waals surface area contributed by atoms with Crippen LogP contribution in [-0.4, -0.2) is 13.0 Å². The van der Waals surface area contributed by atoms with Crippen LogP contribution >= 0.6 is 0 Å². The van der Waals surface area contributed by atoms with Crippen LogP contribution in [0.3, 0.4) is 0 Å². The van der Waals surface area contributed by atoms with Crippen molar-refractivity contribution in [3.63, 3.8) is 0 Å². The van der Waals surface area contributed by atoms with Gasteiger partial charge in [-0.25, -0.2) is 0 Å². The van der Waals surface area contributed by atoms with Crippen LogP contribution in [0, 0.1) is 31.1 Å². The topological polar surface area (TPSA) is 62.1 Å². The summed E-state index contributed by atoms with van der Waals surface area (Å²) in [5.41, 5.74) is 3.70. The molecule has 0 aliphatic rings. The zero-order chi connectivity index (χ0) is 16.8. The average molecular weight is 308 g/mol. The highest BCUT2D eigenvalue weighted by Gasteiger charge is 2.21. The first-order valence-electron chi connectivity index (χ1n) is 7.45. The molecule has 0 radical (unpaired) electrons. The third-order valence-electron chi connectivity index (χ3n) is 3.95. The lowest BCUT2D eigenvalue weighted by atomic mass is 9.98. The number of nitriles is 1. The number of amides is 1. The molecule has 1 N–H and O–H groups in total. The summed E-state index contributed by atoms with van der Waals surface area (Å²) < 4.78 is 5.28. The average Bonchev–Trinajstić information content (AvgIpc) is 2.57. The van der Waals surface area contributed by atoms with E-state index in [2.05, 4.69) is 11.4 Å². The minimum atomic E-state index is -0.772. The molecular formula is C19H20N2O2. The maximum Gasteiger partial charge on any atom is 0.242 e. The van der Waals surface area contributed by atoms with Crippen LogP contribution < -0.4 is 10.1 Å². The molecular weight excluding hydrogens is 288 g/mol. The summed E-state index contributed by atoms with van der Waals surface area (Å²) >= 11 is 0. The first-order chi connectivity index (χ1) is 11.1. The molecule has 2 aromatic carbocycles. The van der Waals surface area contributed by atoms with E-state index in [4.69, 9.17) is 4.74 Å². The Hall–Kier alpha value is -2.80. The van der Waals surface area contributed by atoms with Crippen LogP contribution in [0.4, 0.5) is 5.69 Å². The fourth-order valence-electron chi connectivity index (χ4n) is 2.39. The smallest absolute Gasteiger partial charge is 0.242 e. The summed E-state index contributed by atoms with van der Waals surface area (Å²) in [5.74, 6) is -0.384. The number of nitrogens with one attached hydrogen (secondary N) is 1. The van der Waals surface area contributed by atoms with Gasteiger partial charge in [0.05, 0.1) is 13.2 Å². The van der Waals surface area contributed by atoms with Crippen molar-refractivity contribution in [2.75, 3.05) is 12.4 Å². The van der Waals surface area contributed by atoms with E-state index in [0.29, 0.717) is 12.2 Å². The van der Waals surface area contributed by atoms with E-state index in [-0.39, 0.29) is 5.91 Å². The Balaban J connectivity index is 2.16. The van der Waals surface area contributed by atoms with Gasteiger partial charge in [-0.15, -0.1) is 0 Å². The fourth-order valence-corrected chi connectivity index (χ4v) is 2.39. The predicted molar refractivity (Wildman–Crippen MR) is 90.3 cm³/mol. The molecule has 1 amide bonds. The molecule has 0 aliphatic carbocycles. The number of carbonyl (C=O) groups is 1. The van der Waals surface area contributed by atoms with E-state index in [0.717, 1.165) is 22.4 Å². The van der Waals surface area contributed by atoms with Crippen molar-refractivity contribution in [2.24, 2.45) is 5.92 Å². The SMILES string of the molecule is COc1ccccc1C[C@H](C#N)C(=O)Nc1cccc(C)c1C. The van der Waals surface area contributed by atoms with Gasteiger partial charge in [-0.1, -0.05) is 30.3 Å². The lowest BCUT2D eigenvalue weighted by molar-refractivity contribution is -0.118.